The van der Waals surface area contributed by atoms with Gasteiger partial charge in [-0.05, 0) is 113 Å². The molecule has 0 unspecified atom stereocenters. The molecule has 0 aliphatic rings. The van der Waals surface area contributed by atoms with E-state index in [4.69, 9.17) is 16.9 Å². The van der Waals surface area contributed by atoms with Crippen LogP contribution in [-0.2, 0) is 6.42 Å². The zero-order valence-electron chi connectivity index (χ0n) is 32.7. The van der Waals surface area contributed by atoms with E-state index in [9.17, 15) is 0 Å². The van der Waals surface area contributed by atoms with E-state index < -0.39 is 0 Å². The highest BCUT2D eigenvalue weighted by Crippen LogP contribution is 2.44. The minimum Gasteiger partial charge on any atom is -0.405 e. The summed E-state index contributed by atoms with van der Waals surface area (Å²) in [5.41, 5.74) is 25.4. The fraction of sp³-hybridized carbons (Fsp3) is 0.0185. The number of hydrogen-bond acceptors (Lipinski definition) is 3. The summed E-state index contributed by atoms with van der Waals surface area (Å²) in [6, 6.07) is 60.5. The summed E-state index contributed by atoms with van der Waals surface area (Å²) < 4.78 is 2.42. The van der Waals surface area contributed by atoms with Crippen LogP contribution in [0.4, 0.5) is 11.4 Å². The van der Waals surface area contributed by atoms with Crippen LogP contribution in [0.3, 0.4) is 0 Å². The van der Waals surface area contributed by atoms with Gasteiger partial charge in [0, 0.05) is 45.2 Å². The van der Waals surface area contributed by atoms with Crippen LogP contribution in [0, 0.1) is 5.41 Å². The summed E-state index contributed by atoms with van der Waals surface area (Å²) in [5, 5.41) is 10.5. The molecule has 8 rings (SSSR count). The molecule has 0 fully saturated rings. The Hall–Kier alpha value is -7.89. The second-order valence-corrected chi connectivity index (χ2v) is 14.2. The van der Waals surface area contributed by atoms with Crippen molar-refractivity contribution in [2.45, 2.75) is 6.42 Å². The van der Waals surface area contributed by atoms with E-state index in [1.807, 2.05) is 24.4 Å². The van der Waals surface area contributed by atoms with Crippen molar-refractivity contribution in [3.63, 3.8) is 0 Å². The van der Waals surface area contributed by atoms with Crippen molar-refractivity contribution in [3.8, 4) is 39.1 Å². The number of aromatic nitrogens is 1. The fourth-order valence-electron chi connectivity index (χ4n) is 7.70. The Balaban J connectivity index is 1.33. The lowest BCUT2D eigenvalue weighted by Crippen LogP contribution is -2.13. The minimum atomic E-state index is -0.0315. The number of nitrogens with zero attached hydrogens (tertiary/aromatic N) is 2. The van der Waals surface area contributed by atoms with Gasteiger partial charge < -0.3 is 20.9 Å². The average Bonchev–Trinajstić information content (AvgIpc) is 3.63. The first-order valence-corrected chi connectivity index (χ1v) is 19.7. The van der Waals surface area contributed by atoms with E-state index in [-0.39, 0.29) is 5.84 Å². The molecule has 59 heavy (non-hydrogen) atoms. The topological polar surface area (TPSA) is 84.1 Å². The van der Waals surface area contributed by atoms with Crippen LogP contribution >= 0.6 is 0 Å². The van der Waals surface area contributed by atoms with Gasteiger partial charge in [0.2, 0.25) is 0 Å². The third kappa shape index (κ3) is 8.04. The number of nitrogens with two attached hydrogens (primary N) is 2. The lowest BCUT2D eigenvalue weighted by Gasteiger charge is -2.22. The maximum absolute atomic E-state index is 8.15. The van der Waals surface area contributed by atoms with Crippen molar-refractivity contribution in [2.24, 2.45) is 11.5 Å². The van der Waals surface area contributed by atoms with E-state index in [0.717, 1.165) is 45.6 Å². The molecule has 8 aromatic rings. The quantitative estimate of drug-likeness (QED) is 0.0621. The Morgan fingerprint density at radius 1 is 0.644 bits per heavy atom. The second kappa shape index (κ2) is 17.5. The second-order valence-electron chi connectivity index (χ2n) is 14.2. The number of rotatable bonds is 13. The maximum Gasteiger partial charge on any atom is 0.122 e. The van der Waals surface area contributed by atoms with E-state index in [1.165, 1.54) is 44.8 Å². The van der Waals surface area contributed by atoms with Crippen LogP contribution in [0.1, 0.15) is 5.56 Å². The summed E-state index contributed by atoms with van der Waals surface area (Å²) in [7, 11) is 0. The van der Waals surface area contributed by atoms with Gasteiger partial charge in [-0.1, -0.05) is 146 Å². The molecule has 0 aliphatic carbocycles. The van der Waals surface area contributed by atoms with Gasteiger partial charge in [-0.2, -0.15) is 0 Å². The number of benzene rings is 7. The van der Waals surface area contributed by atoms with Gasteiger partial charge in [-0.3, -0.25) is 5.41 Å². The SMILES string of the molecule is C=C/C=C(\C=C/N(c1ccc(C/C=C\C=C/N)cc1)c1ccc(-n2c3cccc(-c4ccccc4)c3c3cc(-c4ccccc4)cc(-c4ccccc4)c32)cc1)C(=N)N. The zero-order chi connectivity index (χ0) is 40.6. The molecular formula is C54H45N5. The van der Waals surface area contributed by atoms with Crippen molar-refractivity contribution >= 4 is 39.0 Å². The van der Waals surface area contributed by atoms with Crippen LogP contribution in [0.5, 0.6) is 0 Å². The molecule has 1 aromatic heterocycles. The van der Waals surface area contributed by atoms with Crippen LogP contribution in [0.2, 0.25) is 0 Å². The third-order valence-corrected chi connectivity index (χ3v) is 10.5. The van der Waals surface area contributed by atoms with Crippen molar-refractivity contribution < 1.29 is 0 Å². The maximum atomic E-state index is 8.15. The summed E-state index contributed by atoms with van der Waals surface area (Å²) in [4.78, 5) is 2.11. The Kier molecular flexibility index (Phi) is 11.3. The number of nitrogens with one attached hydrogen (secondary N) is 1. The number of anilines is 2. The fourth-order valence-corrected chi connectivity index (χ4v) is 7.70. The third-order valence-electron chi connectivity index (χ3n) is 10.5. The summed E-state index contributed by atoms with van der Waals surface area (Å²) in [6.45, 7) is 3.82. The highest BCUT2D eigenvalue weighted by molar-refractivity contribution is 6.20. The highest BCUT2D eigenvalue weighted by Gasteiger charge is 2.21. The number of fused-ring (bicyclic) bond motifs is 3. The van der Waals surface area contributed by atoms with E-state index in [0.29, 0.717) is 5.57 Å². The lowest BCUT2D eigenvalue weighted by atomic mass is 9.93. The molecule has 7 aromatic carbocycles. The van der Waals surface area contributed by atoms with Crippen molar-refractivity contribution in [1.82, 2.24) is 4.57 Å². The van der Waals surface area contributed by atoms with Gasteiger partial charge in [0.25, 0.3) is 0 Å². The molecule has 5 heteroatoms. The molecule has 5 N–H and O–H groups in total. The zero-order valence-corrected chi connectivity index (χ0v) is 32.7. The first kappa shape index (κ1) is 38.0. The highest BCUT2D eigenvalue weighted by atomic mass is 15.1. The molecule has 0 radical (unpaired) electrons. The van der Waals surface area contributed by atoms with Crippen molar-refractivity contribution in [3.05, 3.63) is 236 Å². The van der Waals surface area contributed by atoms with Crippen LogP contribution in [-0.4, -0.2) is 10.4 Å². The molecule has 286 valence electrons. The normalized spacial score (nSPS) is 12.0. The first-order chi connectivity index (χ1) is 29.0. The van der Waals surface area contributed by atoms with E-state index in [1.54, 1.807) is 12.2 Å². The molecule has 0 aliphatic heterocycles. The molecule has 1 heterocycles. The number of amidine groups is 1. The van der Waals surface area contributed by atoms with Crippen molar-refractivity contribution in [2.75, 3.05) is 4.90 Å². The van der Waals surface area contributed by atoms with Gasteiger partial charge in [-0.15, -0.1) is 0 Å². The van der Waals surface area contributed by atoms with Gasteiger partial charge in [-0.25, -0.2) is 0 Å². The predicted molar refractivity (Wildman–Crippen MR) is 251 cm³/mol. The van der Waals surface area contributed by atoms with Crippen molar-refractivity contribution in [1.29, 1.82) is 5.41 Å². The van der Waals surface area contributed by atoms with Gasteiger partial charge in [0.15, 0.2) is 0 Å². The molecule has 5 nitrogen and oxygen atoms in total. The first-order valence-electron chi connectivity index (χ1n) is 19.7. The Bertz CT molecular complexity index is 2860. The van der Waals surface area contributed by atoms with E-state index >= 15 is 0 Å². The lowest BCUT2D eigenvalue weighted by molar-refractivity contribution is 1.17. The van der Waals surface area contributed by atoms with Gasteiger partial charge >= 0.3 is 0 Å². The number of hydrogen-bond donors (Lipinski definition) is 3. The number of allylic oxidation sites excluding steroid dienone is 5. The molecule has 0 bridgehead atoms. The molecule has 0 spiro atoms. The Morgan fingerprint density at radius 3 is 1.86 bits per heavy atom. The predicted octanol–water partition coefficient (Wildman–Crippen LogP) is 13.1. The largest absolute Gasteiger partial charge is 0.405 e. The minimum absolute atomic E-state index is 0.0315. The van der Waals surface area contributed by atoms with E-state index in [2.05, 4.69) is 192 Å². The van der Waals surface area contributed by atoms with Crippen LogP contribution < -0.4 is 16.4 Å². The Labute approximate surface area is 346 Å². The summed E-state index contributed by atoms with van der Waals surface area (Å²) in [5.74, 6) is -0.0315. The summed E-state index contributed by atoms with van der Waals surface area (Å²) in [6.07, 6.45) is 15.4. The Morgan fingerprint density at radius 2 is 1.25 bits per heavy atom. The van der Waals surface area contributed by atoms with Gasteiger partial charge in [0.05, 0.1) is 11.0 Å². The standard InChI is InChI=1S/C54H45N5/c1-2-16-43(54(56)57)34-36-58(45-28-26-39(27-29-45)17-7-6-14-35-55)46-30-32-47(33-31-46)59-51-25-15-24-48(41-20-10-4-11-21-41)52(51)50-38-44(40-18-8-3-9-19-40)37-49(53(50)59)42-22-12-5-13-23-42/h2-16,18-38H,1,17,55H2,(H3,56,57)/b7-6-,35-14-,36-34-,43-16+. The smallest absolute Gasteiger partial charge is 0.122 e. The molecule has 0 saturated heterocycles. The average molecular weight is 764 g/mol. The summed E-state index contributed by atoms with van der Waals surface area (Å²) >= 11 is 0. The molecular weight excluding hydrogens is 719 g/mol. The monoisotopic (exact) mass is 763 g/mol. The molecule has 0 saturated carbocycles. The molecule has 0 atom stereocenters. The van der Waals surface area contributed by atoms with Crippen LogP contribution in [0.15, 0.2) is 231 Å². The molecule has 0 amide bonds. The van der Waals surface area contributed by atoms with Gasteiger partial charge in [0.1, 0.15) is 5.84 Å². The van der Waals surface area contributed by atoms with Crippen LogP contribution in [0.25, 0.3) is 60.9 Å².